The Morgan fingerprint density at radius 1 is 1.26 bits per heavy atom. The molecule has 0 heterocycles. The molecule has 1 N–H and O–H groups in total. The normalized spacial score (nSPS) is 14.5. The molecule has 0 saturated carbocycles. The van der Waals surface area contributed by atoms with E-state index in [9.17, 15) is 4.79 Å². The highest BCUT2D eigenvalue weighted by atomic mass is 16.6. The molecule has 4 nitrogen and oxygen atoms in total. The number of hydrogen-bond acceptors (Lipinski definition) is 4. The van der Waals surface area contributed by atoms with Crippen molar-refractivity contribution >= 4 is 5.97 Å². The summed E-state index contributed by atoms with van der Waals surface area (Å²) in [7, 11) is 0. The second kappa shape index (κ2) is 11.4. The molecular weight excluding hydrogens is 292 g/mol. The highest BCUT2D eigenvalue weighted by Gasteiger charge is 2.17. The summed E-state index contributed by atoms with van der Waals surface area (Å²) < 4.78 is 10.4. The Labute approximate surface area is 141 Å². The molecule has 1 unspecified atom stereocenters. The molecule has 0 radical (unpaired) electrons. The van der Waals surface area contributed by atoms with E-state index in [1.54, 1.807) is 0 Å². The first kappa shape index (κ1) is 21.9. The van der Waals surface area contributed by atoms with Gasteiger partial charge in [-0.25, -0.2) is 4.79 Å². The average molecular weight is 326 g/mol. The summed E-state index contributed by atoms with van der Waals surface area (Å²) in [5, 5.41) is 8.82. The molecule has 0 rings (SSSR count). The van der Waals surface area contributed by atoms with E-state index in [4.69, 9.17) is 14.6 Å². The summed E-state index contributed by atoms with van der Waals surface area (Å²) in [6, 6.07) is 0. The van der Waals surface area contributed by atoms with Crippen LogP contribution in [0, 0.1) is 5.92 Å². The van der Waals surface area contributed by atoms with Crippen molar-refractivity contribution in [3.8, 4) is 0 Å². The van der Waals surface area contributed by atoms with Crippen LogP contribution in [0.4, 0.5) is 0 Å². The minimum absolute atomic E-state index is 0.0883. The van der Waals surface area contributed by atoms with Crippen LogP contribution in [0.25, 0.3) is 0 Å². The molecule has 134 valence electrons. The SMILES string of the molecule is CC(/C=C/CC(C)CCCC(C)(C)OCO)=C\C(=O)OC(C)C. The van der Waals surface area contributed by atoms with Crippen LogP contribution in [0.3, 0.4) is 0 Å². The summed E-state index contributed by atoms with van der Waals surface area (Å²) in [5.74, 6) is 0.285. The van der Waals surface area contributed by atoms with Crippen LogP contribution >= 0.6 is 0 Å². The standard InChI is InChI=1S/C19H34O4/c1-15(2)23-18(21)13-17(4)10-7-9-16(3)11-8-12-19(5,6)22-14-20/h7,10,13,15-16,20H,8-9,11-12,14H2,1-6H3/b10-7+,17-13+. The van der Waals surface area contributed by atoms with E-state index in [0.29, 0.717) is 5.92 Å². The van der Waals surface area contributed by atoms with Crippen LogP contribution in [0.15, 0.2) is 23.8 Å². The van der Waals surface area contributed by atoms with Crippen molar-refractivity contribution in [2.24, 2.45) is 5.92 Å². The van der Waals surface area contributed by atoms with Gasteiger partial charge in [0.25, 0.3) is 0 Å². The van der Waals surface area contributed by atoms with Gasteiger partial charge >= 0.3 is 5.97 Å². The van der Waals surface area contributed by atoms with Gasteiger partial charge in [0, 0.05) is 6.08 Å². The van der Waals surface area contributed by atoms with E-state index >= 15 is 0 Å². The van der Waals surface area contributed by atoms with Gasteiger partial charge in [-0.3, -0.25) is 0 Å². The second-order valence-electron chi connectivity index (χ2n) is 7.04. The summed E-state index contributed by atoms with van der Waals surface area (Å²) in [6.45, 7) is 11.6. The molecule has 0 aromatic carbocycles. The first-order valence-corrected chi connectivity index (χ1v) is 8.46. The number of aliphatic hydroxyl groups is 1. The maximum atomic E-state index is 11.5. The van der Waals surface area contributed by atoms with Gasteiger partial charge in [-0.05, 0) is 59.0 Å². The van der Waals surface area contributed by atoms with Crippen molar-refractivity contribution in [1.29, 1.82) is 0 Å². The molecule has 4 heteroatoms. The lowest BCUT2D eigenvalue weighted by atomic mass is 9.95. The maximum absolute atomic E-state index is 11.5. The quantitative estimate of drug-likeness (QED) is 0.265. The first-order valence-electron chi connectivity index (χ1n) is 8.46. The van der Waals surface area contributed by atoms with Gasteiger partial charge in [0.15, 0.2) is 0 Å². The van der Waals surface area contributed by atoms with Gasteiger partial charge in [-0.1, -0.05) is 31.9 Å². The fraction of sp³-hybridized carbons (Fsp3) is 0.737. The monoisotopic (exact) mass is 326 g/mol. The Morgan fingerprint density at radius 3 is 2.48 bits per heavy atom. The number of aliphatic hydroxyl groups excluding tert-OH is 1. The zero-order valence-electron chi connectivity index (χ0n) is 15.6. The van der Waals surface area contributed by atoms with E-state index in [1.807, 2.05) is 40.7 Å². The van der Waals surface area contributed by atoms with Crippen molar-refractivity contribution in [2.75, 3.05) is 6.79 Å². The molecule has 0 aromatic heterocycles. The molecule has 0 spiro atoms. The van der Waals surface area contributed by atoms with Crippen LogP contribution < -0.4 is 0 Å². The van der Waals surface area contributed by atoms with E-state index in [-0.39, 0.29) is 24.5 Å². The Morgan fingerprint density at radius 2 is 1.91 bits per heavy atom. The number of hydrogen-bond donors (Lipinski definition) is 1. The molecule has 0 fully saturated rings. The molecule has 1 atom stereocenters. The molecule has 0 aromatic rings. The summed E-state index contributed by atoms with van der Waals surface area (Å²) in [5.41, 5.74) is 0.640. The molecule has 0 aliphatic rings. The third-order valence-electron chi connectivity index (χ3n) is 3.55. The largest absolute Gasteiger partial charge is 0.460 e. The van der Waals surface area contributed by atoms with Gasteiger partial charge in [0.1, 0.15) is 6.79 Å². The van der Waals surface area contributed by atoms with Gasteiger partial charge in [-0.2, -0.15) is 0 Å². The zero-order chi connectivity index (χ0) is 17.9. The topological polar surface area (TPSA) is 55.8 Å². The van der Waals surface area contributed by atoms with Gasteiger partial charge in [0.2, 0.25) is 0 Å². The molecule has 0 saturated heterocycles. The lowest BCUT2D eigenvalue weighted by Gasteiger charge is -2.24. The lowest BCUT2D eigenvalue weighted by Crippen LogP contribution is -2.24. The minimum atomic E-state index is -0.290. The Balaban J connectivity index is 4.06. The molecule has 0 bridgehead atoms. The summed E-state index contributed by atoms with van der Waals surface area (Å²) in [4.78, 5) is 11.5. The molecule has 0 amide bonds. The van der Waals surface area contributed by atoms with Crippen LogP contribution in [0.1, 0.15) is 67.2 Å². The van der Waals surface area contributed by atoms with Crippen molar-refractivity contribution in [3.05, 3.63) is 23.8 Å². The Bertz CT molecular complexity index is 394. The number of esters is 1. The zero-order valence-corrected chi connectivity index (χ0v) is 15.6. The molecule has 0 aliphatic carbocycles. The lowest BCUT2D eigenvalue weighted by molar-refractivity contribution is -0.141. The number of carbonyl (C=O) groups is 1. The van der Waals surface area contributed by atoms with Gasteiger partial charge in [-0.15, -0.1) is 0 Å². The number of allylic oxidation sites excluding steroid dienone is 3. The van der Waals surface area contributed by atoms with Crippen LogP contribution in [-0.2, 0) is 14.3 Å². The summed E-state index contributed by atoms with van der Waals surface area (Å²) >= 11 is 0. The first-order chi connectivity index (χ1) is 10.7. The van der Waals surface area contributed by atoms with Crippen molar-refractivity contribution in [2.45, 2.75) is 78.9 Å². The van der Waals surface area contributed by atoms with E-state index in [0.717, 1.165) is 31.3 Å². The predicted molar refractivity (Wildman–Crippen MR) is 94.0 cm³/mol. The highest BCUT2D eigenvalue weighted by molar-refractivity contribution is 5.83. The third kappa shape index (κ3) is 13.0. The third-order valence-corrected chi connectivity index (χ3v) is 3.55. The van der Waals surface area contributed by atoms with Crippen molar-refractivity contribution < 1.29 is 19.4 Å². The molecule has 23 heavy (non-hydrogen) atoms. The van der Waals surface area contributed by atoms with Crippen molar-refractivity contribution in [3.63, 3.8) is 0 Å². The van der Waals surface area contributed by atoms with Gasteiger partial charge < -0.3 is 14.6 Å². The number of ether oxygens (including phenoxy) is 2. The minimum Gasteiger partial charge on any atom is -0.460 e. The second-order valence-corrected chi connectivity index (χ2v) is 7.04. The van der Waals surface area contributed by atoms with E-state index in [1.165, 1.54) is 6.08 Å². The summed E-state index contributed by atoms with van der Waals surface area (Å²) in [6.07, 6.45) is 9.60. The van der Waals surface area contributed by atoms with Gasteiger partial charge in [0.05, 0.1) is 11.7 Å². The predicted octanol–water partition coefficient (Wildman–Crippen LogP) is 4.38. The highest BCUT2D eigenvalue weighted by Crippen LogP contribution is 2.21. The fourth-order valence-corrected chi connectivity index (χ4v) is 2.23. The molecular formula is C19H34O4. The van der Waals surface area contributed by atoms with E-state index in [2.05, 4.69) is 13.0 Å². The van der Waals surface area contributed by atoms with Crippen molar-refractivity contribution in [1.82, 2.24) is 0 Å². The number of carbonyl (C=O) groups excluding carboxylic acids is 1. The maximum Gasteiger partial charge on any atom is 0.331 e. The van der Waals surface area contributed by atoms with Crippen LogP contribution in [-0.4, -0.2) is 29.6 Å². The number of rotatable bonds is 11. The van der Waals surface area contributed by atoms with E-state index < -0.39 is 0 Å². The van der Waals surface area contributed by atoms with Crippen LogP contribution in [0.5, 0.6) is 0 Å². The Hall–Kier alpha value is -1.13. The van der Waals surface area contributed by atoms with Crippen LogP contribution in [0.2, 0.25) is 0 Å². The molecule has 0 aliphatic heterocycles. The Kier molecular flexibility index (Phi) is 10.9. The average Bonchev–Trinajstić information content (AvgIpc) is 2.36. The fourth-order valence-electron chi connectivity index (χ4n) is 2.23. The smallest absolute Gasteiger partial charge is 0.331 e.